The van der Waals surface area contributed by atoms with Gasteiger partial charge in [-0.1, -0.05) is 41.9 Å². The van der Waals surface area contributed by atoms with Crippen LogP contribution in [0.25, 0.3) is 0 Å². The van der Waals surface area contributed by atoms with E-state index in [2.05, 4.69) is 4.72 Å². The van der Waals surface area contributed by atoms with Crippen LogP contribution in [-0.2, 0) is 22.2 Å². The number of ether oxygens (including phenoxy) is 1. The molecule has 0 saturated carbocycles. The molecule has 0 heterocycles. The quantitative estimate of drug-likeness (QED) is 0.740. The zero-order chi connectivity index (χ0) is 16.7. The number of halogens is 1. The van der Waals surface area contributed by atoms with Gasteiger partial charge in [0.25, 0.3) is 0 Å². The summed E-state index contributed by atoms with van der Waals surface area (Å²) in [6.07, 6.45) is 1.53. The van der Waals surface area contributed by atoms with Gasteiger partial charge in [0.15, 0.2) is 0 Å². The van der Waals surface area contributed by atoms with Crippen molar-refractivity contribution < 1.29 is 13.2 Å². The summed E-state index contributed by atoms with van der Waals surface area (Å²) in [5.41, 5.74) is 1.76. The van der Waals surface area contributed by atoms with Crippen molar-refractivity contribution in [1.29, 1.82) is 0 Å². The number of hydrogen-bond donors (Lipinski definition) is 1. The van der Waals surface area contributed by atoms with Crippen LogP contribution in [0.2, 0.25) is 5.02 Å². The van der Waals surface area contributed by atoms with Crippen molar-refractivity contribution in [1.82, 2.24) is 4.72 Å². The summed E-state index contributed by atoms with van der Waals surface area (Å²) in [5.74, 6) is 0.712. The van der Waals surface area contributed by atoms with E-state index in [9.17, 15) is 8.42 Å². The predicted molar refractivity (Wildman–Crippen MR) is 93.4 cm³/mol. The Balaban J connectivity index is 1.79. The minimum absolute atomic E-state index is 0.102. The number of aryl methyl sites for hydroxylation is 1. The Morgan fingerprint density at radius 3 is 2.43 bits per heavy atom. The average Bonchev–Trinajstić information content (AvgIpc) is 2.54. The molecule has 0 fully saturated rings. The van der Waals surface area contributed by atoms with Crippen molar-refractivity contribution in [3.8, 4) is 5.75 Å². The molecule has 0 spiro atoms. The van der Waals surface area contributed by atoms with E-state index in [1.54, 1.807) is 31.4 Å². The van der Waals surface area contributed by atoms with E-state index in [1.165, 1.54) is 0 Å². The van der Waals surface area contributed by atoms with E-state index in [0.29, 0.717) is 17.1 Å². The third-order valence-corrected chi connectivity index (χ3v) is 5.13. The zero-order valence-corrected chi connectivity index (χ0v) is 14.5. The molecule has 0 aliphatic carbocycles. The Morgan fingerprint density at radius 2 is 1.78 bits per heavy atom. The van der Waals surface area contributed by atoms with Crippen LogP contribution in [-0.4, -0.2) is 22.1 Å². The molecular weight excluding hydrogens is 334 g/mol. The van der Waals surface area contributed by atoms with E-state index < -0.39 is 10.0 Å². The van der Waals surface area contributed by atoms with Crippen molar-refractivity contribution in [3.63, 3.8) is 0 Å². The molecule has 0 saturated heterocycles. The van der Waals surface area contributed by atoms with Gasteiger partial charge in [0.2, 0.25) is 10.0 Å². The van der Waals surface area contributed by atoms with Crippen LogP contribution in [0.15, 0.2) is 48.5 Å². The lowest BCUT2D eigenvalue weighted by Crippen LogP contribution is -2.26. The molecule has 6 heteroatoms. The molecule has 0 aliphatic rings. The standard InChI is InChI=1S/C17H20ClNO3S/c1-22-16-10-8-14(9-11-16)5-4-12-19-23(20,21)13-15-6-2-3-7-17(15)18/h2-3,6-11,19H,4-5,12-13H2,1H3. The second-order valence-electron chi connectivity index (χ2n) is 5.20. The maximum absolute atomic E-state index is 12.1. The summed E-state index contributed by atoms with van der Waals surface area (Å²) >= 11 is 5.99. The van der Waals surface area contributed by atoms with Crippen molar-refractivity contribution in [2.45, 2.75) is 18.6 Å². The number of rotatable bonds is 8. The topological polar surface area (TPSA) is 55.4 Å². The molecule has 23 heavy (non-hydrogen) atoms. The molecular formula is C17H20ClNO3S. The van der Waals surface area contributed by atoms with Crippen LogP contribution >= 0.6 is 11.6 Å². The summed E-state index contributed by atoms with van der Waals surface area (Å²) in [5, 5.41) is 0.469. The molecule has 0 atom stereocenters. The number of nitrogens with one attached hydrogen (secondary N) is 1. The molecule has 2 rings (SSSR count). The number of methoxy groups -OCH3 is 1. The summed E-state index contributed by atoms with van der Waals surface area (Å²) in [4.78, 5) is 0. The largest absolute Gasteiger partial charge is 0.497 e. The van der Waals surface area contributed by atoms with Gasteiger partial charge in [0.05, 0.1) is 12.9 Å². The van der Waals surface area contributed by atoms with Gasteiger partial charge < -0.3 is 4.74 Å². The summed E-state index contributed by atoms with van der Waals surface area (Å²) in [6.45, 7) is 0.402. The van der Waals surface area contributed by atoms with Crippen molar-refractivity contribution in [3.05, 3.63) is 64.7 Å². The molecule has 0 radical (unpaired) electrons. The van der Waals surface area contributed by atoms with E-state index in [1.807, 2.05) is 24.3 Å². The highest BCUT2D eigenvalue weighted by Gasteiger charge is 2.12. The maximum atomic E-state index is 12.1. The summed E-state index contributed by atoms with van der Waals surface area (Å²) < 4.78 is 31.8. The highest BCUT2D eigenvalue weighted by atomic mass is 35.5. The SMILES string of the molecule is COc1ccc(CCCNS(=O)(=O)Cc2ccccc2Cl)cc1. The van der Waals surface area contributed by atoms with Crippen molar-refractivity contribution in [2.24, 2.45) is 0 Å². The molecule has 124 valence electrons. The first kappa shape index (κ1) is 17.8. The van der Waals surface area contributed by atoms with E-state index >= 15 is 0 Å². The Hall–Kier alpha value is -1.56. The van der Waals surface area contributed by atoms with Crippen LogP contribution in [0, 0.1) is 0 Å². The Labute approximate surface area is 142 Å². The lowest BCUT2D eigenvalue weighted by molar-refractivity contribution is 0.414. The fourth-order valence-electron chi connectivity index (χ4n) is 2.18. The zero-order valence-electron chi connectivity index (χ0n) is 13.0. The number of sulfonamides is 1. The van der Waals surface area contributed by atoms with Gasteiger partial charge in [-0.2, -0.15) is 0 Å². The van der Waals surface area contributed by atoms with Crippen LogP contribution in [0.4, 0.5) is 0 Å². The van der Waals surface area contributed by atoms with E-state index in [0.717, 1.165) is 24.2 Å². The summed E-state index contributed by atoms with van der Waals surface area (Å²) in [6, 6.07) is 14.7. The molecule has 0 aromatic heterocycles. The second-order valence-corrected chi connectivity index (χ2v) is 7.41. The van der Waals surface area contributed by atoms with Gasteiger partial charge in [-0.15, -0.1) is 0 Å². The molecule has 0 amide bonds. The van der Waals surface area contributed by atoms with Crippen LogP contribution < -0.4 is 9.46 Å². The summed E-state index contributed by atoms with van der Waals surface area (Å²) in [7, 11) is -1.75. The third kappa shape index (κ3) is 5.86. The first-order chi connectivity index (χ1) is 11.0. The van der Waals surface area contributed by atoms with Gasteiger partial charge in [0.1, 0.15) is 5.75 Å². The van der Waals surface area contributed by atoms with Gasteiger partial charge in [0, 0.05) is 11.6 Å². The molecule has 0 unspecified atom stereocenters. The molecule has 0 aliphatic heterocycles. The van der Waals surface area contributed by atoms with E-state index in [-0.39, 0.29) is 5.75 Å². The fraction of sp³-hybridized carbons (Fsp3) is 0.294. The smallest absolute Gasteiger partial charge is 0.215 e. The first-order valence-electron chi connectivity index (χ1n) is 7.34. The van der Waals surface area contributed by atoms with Gasteiger partial charge in [-0.3, -0.25) is 0 Å². The highest BCUT2D eigenvalue weighted by molar-refractivity contribution is 7.88. The maximum Gasteiger partial charge on any atom is 0.215 e. The van der Waals surface area contributed by atoms with Gasteiger partial charge >= 0.3 is 0 Å². The highest BCUT2D eigenvalue weighted by Crippen LogP contribution is 2.17. The lowest BCUT2D eigenvalue weighted by atomic mass is 10.1. The number of benzene rings is 2. The first-order valence-corrected chi connectivity index (χ1v) is 9.37. The molecule has 4 nitrogen and oxygen atoms in total. The normalized spacial score (nSPS) is 11.4. The van der Waals surface area contributed by atoms with Crippen molar-refractivity contribution >= 4 is 21.6 Å². The Kier molecular flexibility index (Phi) is 6.45. The fourth-order valence-corrected chi connectivity index (χ4v) is 3.68. The van der Waals surface area contributed by atoms with E-state index in [4.69, 9.17) is 16.3 Å². The monoisotopic (exact) mass is 353 g/mol. The van der Waals surface area contributed by atoms with Crippen molar-refractivity contribution in [2.75, 3.05) is 13.7 Å². The Morgan fingerprint density at radius 1 is 1.09 bits per heavy atom. The van der Waals surface area contributed by atoms with Crippen LogP contribution in [0.5, 0.6) is 5.75 Å². The van der Waals surface area contributed by atoms with Gasteiger partial charge in [-0.05, 0) is 42.2 Å². The Bertz CT molecular complexity index is 730. The van der Waals surface area contributed by atoms with Gasteiger partial charge in [-0.25, -0.2) is 13.1 Å². The minimum atomic E-state index is -3.38. The number of hydrogen-bond acceptors (Lipinski definition) is 3. The molecule has 2 aromatic rings. The molecule has 1 N–H and O–H groups in total. The molecule has 0 bridgehead atoms. The molecule has 2 aromatic carbocycles. The minimum Gasteiger partial charge on any atom is -0.497 e. The van der Waals surface area contributed by atoms with Crippen LogP contribution in [0.3, 0.4) is 0 Å². The third-order valence-electron chi connectivity index (χ3n) is 3.43. The predicted octanol–water partition coefficient (Wildman–Crippen LogP) is 3.40. The second kappa shape index (κ2) is 8.34. The lowest BCUT2D eigenvalue weighted by Gasteiger charge is -2.08. The average molecular weight is 354 g/mol. The van der Waals surface area contributed by atoms with Crippen LogP contribution in [0.1, 0.15) is 17.5 Å².